The number of hydrogen-bond acceptors (Lipinski definition) is 2. The number of hydroxylamine groups is 2. The largest absolute Gasteiger partial charge is 0.287 e. The summed E-state index contributed by atoms with van der Waals surface area (Å²) in [7, 11) is 1.45. The van der Waals surface area contributed by atoms with Gasteiger partial charge in [-0.15, -0.1) is 0 Å². The highest BCUT2D eigenvalue weighted by atomic mass is 16.5. The van der Waals surface area contributed by atoms with Gasteiger partial charge in [-0.25, -0.2) is 5.06 Å². The predicted molar refractivity (Wildman–Crippen MR) is 51.6 cm³/mol. The van der Waals surface area contributed by atoms with Gasteiger partial charge in [-0.3, -0.25) is 10.6 Å². The Morgan fingerprint density at radius 2 is 2.08 bits per heavy atom. The van der Waals surface area contributed by atoms with Crippen molar-refractivity contribution in [2.45, 2.75) is 0 Å². The fourth-order valence-electron chi connectivity index (χ4n) is 1.39. The smallest absolute Gasteiger partial charge is 0.152 e. The molecule has 0 aromatic heterocycles. The molecular weight excluding hydrogens is 164 g/mol. The van der Waals surface area contributed by atoms with Crippen LogP contribution in [-0.4, -0.2) is 23.2 Å². The van der Waals surface area contributed by atoms with E-state index in [1.165, 1.54) is 7.05 Å². The molecule has 3 nitrogen and oxygen atoms in total. The van der Waals surface area contributed by atoms with Crippen LogP contribution < -0.4 is 0 Å². The van der Waals surface area contributed by atoms with E-state index < -0.39 is 0 Å². The van der Waals surface area contributed by atoms with Crippen LogP contribution in [0.15, 0.2) is 24.3 Å². The maximum Gasteiger partial charge on any atom is 0.152 e. The Morgan fingerprint density at radius 3 is 2.69 bits per heavy atom. The summed E-state index contributed by atoms with van der Waals surface area (Å²) in [5.41, 5.74) is 2.96. The fourth-order valence-corrected chi connectivity index (χ4v) is 1.39. The minimum Gasteiger partial charge on any atom is -0.287 e. The Labute approximate surface area is 76.4 Å². The number of nitrogens with zero attached hydrogens (tertiary/aromatic N) is 1. The lowest BCUT2D eigenvalue weighted by atomic mass is 9.88. The molecule has 1 aliphatic rings. The lowest BCUT2D eigenvalue weighted by Crippen LogP contribution is -2.25. The zero-order valence-corrected chi connectivity index (χ0v) is 7.28. The van der Waals surface area contributed by atoms with Crippen molar-refractivity contribution in [1.29, 1.82) is 5.41 Å². The van der Waals surface area contributed by atoms with E-state index in [9.17, 15) is 0 Å². The van der Waals surface area contributed by atoms with Gasteiger partial charge in [0.05, 0.1) is 0 Å². The molecule has 2 rings (SSSR count). The van der Waals surface area contributed by atoms with E-state index in [1.54, 1.807) is 0 Å². The molecule has 0 saturated carbocycles. The highest BCUT2D eigenvalue weighted by Gasteiger charge is 2.20. The number of nitrogens with one attached hydrogen (secondary N) is 1. The van der Waals surface area contributed by atoms with Gasteiger partial charge >= 0.3 is 0 Å². The van der Waals surface area contributed by atoms with E-state index in [1.807, 2.05) is 30.3 Å². The van der Waals surface area contributed by atoms with Crippen molar-refractivity contribution in [2.24, 2.45) is 0 Å². The Morgan fingerprint density at radius 1 is 1.38 bits per heavy atom. The van der Waals surface area contributed by atoms with Crippen LogP contribution in [0.2, 0.25) is 0 Å². The Kier molecular flexibility index (Phi) is 1.67. The quantitative estimate of drug-likeness (QED) is 0.387. The molecule has 0 amide bonds. The number of fused-ring (bicyclic) bond motifs is 1. The third kappa shape index (κ3) is 1.13. The average Bonchev–Trinajstić information content (AvgIpc) is 2.06. The molecule has 0 bridgehead atoms. The second-order valence-electron chi connectivity index (χ2n) is 3.02. The molecule has 0 spiro atoms. The summed E-state index contributed by atoms with van der Waals surface area (Å²) in [6.07, 6.45) is 1.89. The molecule has 0 saturated heterocycles. The molecule has 13 heavy (non-hydrogen) atoms. The number of benzene rings is 1. The number of likely N-dealkylation sites (N-methyl/N-ethyl adjacent to an activating group) is 1. The minimum atomic E-state index is 0.138. The second-order valence-corrected chi connectivity index (χ2v) is 3.02. The van der Waals surface area contributed by atoms with Crippen LogP contribution in [0.3, 0.4) is 0 Å². The first-order valence-corrected chi connectivity index (χ1v) is 4.03. The fraction of sp³-hybridized carbons (Fsp3) is 0.100. The van der Waals surface area contributed by atoms with Crippen LogP contribution in [0.1, 0.15) is 11.1 Å². The summed E-state index contributed by atoms with van der Waals surface area (Å²) in [5, 5.41) is 17.4. The zero-order valence-electron chi connectivity index (χ0n) is 7.28. The van der Waals surface area contributed by atoms with Crippen molar-refractivity contribution < 1.29 is 5.21 Å². The summed E-state index contributed by atoms with van der Waals surface area (Å²) in [4.78, 5) is 0. The Bertz CT molecular complexity index is 394. The van der Waals surface area contributed by atoms with Gasteiger partial charge in [-0.1, -0.05) is 24.3 Å². The third-order valence-electron chi connectivity index (χ3n) is 2.13. The molecule has 0 aliphatic heterocycles. The molecule has 3 heteroatoms. The van der Waals surface area contributed by atoms with Gasteiger partial charge in [0, 0.05) is 12.6 Å². The molecule has 2 N–H and O–H groups in total. The Balaban J connectivity index is 2.30. The first kappa shape index (κ1) is 8.01. The van der Waals surface area contributed by atoms with E-state index in [2.05, 4.69) is 0 Å². The van der Waals surface area contributed by atoms with Crippen molar-refractivity contribution in [3.63, 3.8) is 0 Å². The first-order chi connectivity index (χ1) is 6.20. The lowest BCUT2D eigenvalue weighted by Gasteiger charge is -2.22. The van der Waals surface area contributed by atoms with Crippen molar-refractivity contribution in [2.75, 3.05) is 7.05 Å². The summed E-state index contributed by atoms with van der Waals surface area (Å²) in [6.45, 7) is 0. The van der Waals surface area contributed by atoms with Gasteiger partial charge in [0.1, 0.15) is 0 Å². The van der Waals surface area contributed by atoms with Gasteiger partial charge in [0.2, 0.25) is 0 Å². The maximum absolute atomic E-state index is 9.05. The molecule has 1 aliphatic carbocycles. The highest BCUT2D eigenvalue weighted by molar-refractivity contribution is 6.30. The number of hydrogen-bond donors (Lipinski definition) is 2. The molecule has 1 aromatic rings. The van der Waals surface area contributed by atoms with E-state index >= 15 is 0 Å². The van der Waals surface area contributed by atoms with Crippen LogP contribution in [0.25, 0.3) is 11.6 Å². The van der Waals surface area contributed by atoms with Crippen LogP contribution >= 0.6 is 0 Å². The maximum atomic E-state index is 9.05. The summed E-state index contributed by atoms with van der Waals surface area (Å²) >= 11 is 0. The van der Waals surface area contributed by atoms with E-state index in [-0.39, 0.29) is 5.84 Å². The molecular formula is C10H10N2O. The topological polar surface area (TPSA) is 47.3 Å². The normalized spacial score (nSPS) is 12.6. The monoisotopic (exact) mass is 174 g/mol. The van der Waals surface area contributed by atoms with Gasteiger partial charge < -0.3 is 0 Å². The summed E-state index contributed by atoms with van der Waals surface area (Å²) in [6, 6.07) is 7.82. The summed E-state index contributed by atoms with van der Waals surface area (Å²) < 4.78 is 0. The SMILES string of the molecule is CN(O)C(=N)C1=Cc2ccccc21. The number of amidine groups is 1. The van der Waals surface area contributed by atoms with Crippen LogP contribution in [0.4, 0.5) is 0 Å². The van der Waals surface area contributed by atoms with Gasteiger partial charge in [0.15, 0.2) is 5.84 Å². The predicted octanol–water partition coefficient (Wildman–Crippen LogP) is 1.84. The molecule has 66 valence electrons. The molecule has 1 aromatic carbocycles. The molecule has 0 atom stereocenters. The van der Waals surface area contributed by atoms with Crippen molar-refractivity contribution in [3.8, 4) is 0 Å². The summed E-state index contributed by atoms with van der Waals surface area (Å²) in [5.74, 6) is 0.138. The van der Waals surface area contributed by atoms with E-state index in [0.29, 0.717) is 0 Å². The molecule has 0 heterocycles. The molecule has 0 radical (unpaired) electrons. The minimum absolute atomic E-state index is 0.138. The van der Waals surface area contributed by atoms with Gasteiger partial charge in [-0.2, -0.15) is 0 Å². The van der Waals surface area contributed by atoms with Crippen molar-refractivity contribution in [3.05, 3.63) is 35.4 Å². The van der Waals surface area contributed by atoms with E-state index in [0.717, 1.165) is 21.8 Å². The number of rotatable bonds is 1. The van der Waals surface area contributed by atoms with Crippen LogP contribution in [0, 0.1) is 5.41 Å². The van der Waals surface area contributed by atoms with Crippen molar-refractivity contribution in [1.82, 2.24) is 5.06 Å². The van der Waals surface area contributed by atoms with E-state index in [4.69, 9.17) is 10.6 Å². The Hall–Kier alpha value is -1.61. The van der Waals surface area contributed by atoms with Crippen molar-refractivity contribution >= 4 is 17.5 Å². The first-order valence-electron chi connectivity index (χ1n) is 4.03. The van der Waals surface area contributed by atoms with Crippen LogP contribution in [-0.2, 0) is 0 Å². The molecule has 0 unspecified atom stereocenters. The molecule has 0 fully saturated rings. The lowest BCUT2D eigenvalue weighted by molar-refractivity contribution is 0.0145. The van der Waals surface area contributed by atoms with Gasteiger partial charge in [0.25, 0.3) is 0 Å². The third-order valence-corrected chi connectivity index (χ3v) is 2.13. The second kappa shape index (κ2) is 2.71. The van der Waals surface area contributed by atoms with Crippen LogP contribution in [0.5, 0.6) is 0 Å². The average molecular weight is 174 g/mol. The zero-order chi connectivity index (χ0) is 9.42. The van der Waals surface area contributed by atoms with Gasteiger partial charge in [-0.05, 0) is 17.2 Å². The highest BCUT2D eigenvalue weighted by Crippen LogP contribution is 2.32. The standard InChI is InChI=1S/C10H10N2O/c1-12(13)10(11)9-6-7-4-2-3-5-8(7)9/h2-6,11,13H,1H3.